The third kappa shape index (κ3) is 27.5. The molecule has 1 fully saturated rings. The summed E-state index contributed by atoms with van der Waals surface area (Å²) in [6.45, 7) is 5.79. The van der Waals surface area contributed by atoms with Gasteiger partial charge in [-0.25, -0.2) is 0 Å². The Kier molecular flexibility index (Phi) is 32.9. The number of rotatable bonds is 37. The number of aliphatic hydroxyl groups excluding tert-OH is 4. The molecule has 1 saturated heterocycles. The minimum atomic E-state index is -1.67. The van der Waals surface area contributed by atoms with Crippen molar-refractivity contribution in [3.8, 4) is 0 Å². The maximum absolute atomic E-state index is 13.5. The summed E-state index contributed by atoms with van der Waals surface area (Å²) in [4.78, 5) is 124. The summed E-state index contributed by atoms with van der Waals surface area (Å²) in [6.07, 6.45) is -8.27. The lowest BCUT2D eigenvalue weighted by Crippen LogP contribution is -2.59. The van der Waals surface area contributed by atoms with Crippen LogP contribution in [-0.2, 0) is 76.4 Å². The van der Waals surface area contributed by atoms with Crippen LogP contribution in [-0.4, -0.2) is 238 Å². The van der Waals surface area contributed by atoms with E-state index in [4.69, 9.17) is 34.2 Å². The predicted molar refractivity (Wildman–Crippen MR) is 254 cm³/mol. The van der Waals surface area contributed by atoms with Crippen LogP contribution in [0.15, 0.2) is 0 Å². The summed E-state index contributed by atoms with van der Waals surface area (Å²) >= 11 is 3.93. The first-order valence-corrected chi connectivity index (χ1v) is 23.9. The van der Waals surface area contributed by atoms with Gasteiger partial charge in [0, 0.05) is 38.7 Å². The fraction of sp³-hybridized carbons (Fsp3) is 0.762. The number of carbonyl (C=O) groups excluding carboxylic acids is 10. The Labute approximate surface area is 427 Å². The van der Waals surface area contributed by atoms with Crippen molar-refractivity contribution >= 4 is 71.7 Å². The monoisotopic (exact) mass is 1070 g/mol. The van der Waals surface area contributed by atoms with Gasteiger partial charge in [-0.3, -0.25) is 47.9 Å². The molecule has 1 aliphatic rings. The van der Waals surface area contributed by atoms with Crippen LogP contribution in [0.2, 0.25) is 0 Å². The zero-order valence-electron chi connectivity index (χ0n) is 41.5. The van der Waals surface area contributed by atoms with Gasteiger partial charge in [0.1, 0.15) is 73.9 Å². The number of ether oxygens (including phenoxy) is 6. The molecule has 1 rings (SSSR count). The molecule has 1 heterocycles. The quantitative estimate of drug-likeness (QED) is 0.0203. The number of hydrogen-bond donors (Lipinski definition) is 15. The van der Waals surface area contributed by atoms with E-state index < -0.39 is 133 Å². The van der Waals surface area contributed by atoms with Gasteiger partial charge in [-0.2, -0.15) is 12.6 Å². The molecule has 0 bridgehead atoms. The van der Waals surface area contributed by atoms with E-state index in [9.17, 15) is 68.4 Å². The molecule has 0 spiro atoms. The average molecular weight is 1070 g/mol. The highest BCUT2D eigenvalue weighted by molar-refractivity contribution is 7.80. The SMILES string of the molecule is CC(=O)N[C@@H](C)C(=O)N[C@@H](C)C(=O)N[C@@H](CCC(=O)NCCO[C@@H]1O[C@H](CO)[C@H](O)[C@H](O)[C@H]1O)C(=O)N[C@@H](C)C(=O)N[C@@H](C)C(=O)NCCOCCOCC(=O)NCCOCCOCC(=O)N[C@@H](CS)C(N)=O. The molecule has 10 amide bonds. The minimum Gasteiger partial charge on any atom is -0.394 e. The van der Waals surface area contributed by atoms with Crippen LogP contribution < -0.4 is 53.6 Å². The third-order valence-electron chi connectivity index (χ3n) is 10.1. The number of thiol groups is 1. The van der Waals surface area contributed by atoms with Crippen molar-refractivity contribution in [1.29, 1.82) is 0 Å². The van der Waals surface area contributed by atoms with Gasteiger partial charge in [0.15, 0.2) is 6.29 Å². The van der Waals surface area contributed by atoms with Gasteiger partial charge in [-0.05, 0) is 34.1 Å². The maximum atomic E-state index is 13.5. The van der Waals surface area contributed by atoms with Crippen molar-refractivity contribution in [3.63, 3.8) is 0 Å². The fourth-order valence-corrected chi connectivity index (χ4v) is 6.25. The van der Waals surface area contributed by atoms with Crippen molar-refractivity contribution in [1.82, 2.24) is 47.9 Å². The summed E-state index contributed by atoms with van der Waals surface area (Å²) in [7, 11) is 0. The number of nitrogens with two attached hydrogens (primary N) is 1. The van der Waals surface area contributed by atoms with Gasteiger partial charge in [0.25, 0.3) is 0 Å². The van der Waals surface area contributed by atoms with E-state index in [1.165, 1.54) is 34.6 Å². The molecule has 0 aromatic heterocycles. The van der Waals surface area contributed by atoms with E-state index in [2.05, 4.69) is 60.5 Å². The Morgan fingerprint density at radius 2 is 1.03 bits per heavy atom. The topological polar surface area (TPSA) is 441 Å². The summed E-state index contributed by atoms with van der Waals surface area (Å²) < 4.78 is 31.7. The molecule has 0 radical (unpaired) electrons. The molecule has 0 saturated carbocycles. The number of nitrogens with one attached hydrogen (secondary N) is 9. The van der Waals surface area contributed by atoms with E-state index in [0.717, 1.165) is 0 Å². The molecule has 0 aromatic rings. The van der Waals surface area contributed by atoms with Crippen LogP contribution in [0.25, 0.3) is 0 Å². The number of primary amides is 1. The first kappa shape index (κ1) is 65.7. The first-order valence-electron chi connectivity index (χ1n) is 23.2. The van der Waals surface area contributed by atoms with Crippen molar-refractivity contribution in [2.24, 2.45) is 5.73 Å². The molecule has 0 unspecified atom stereocenters. The Morgan fingerprint density at radius 3 is 1.58 bits per heavy atom. The second kappa shape index (κ2) is 36.6. The van der Waals surface area contributed by atoms with Gasteiger partial charge >= 0.3 is 0 Å². The summed E-state index contributed by atoms with van der Waals surface area (Å²) in [6, 6.07) is -6.94. The number of aliphatic hydroxyl groups is 4. The van der Waals surface area contributed by atoms with Crippen molar-refractivity contribution in [2.45, 2.75) is 114 Å². The Morgan fingerprint density at radius 1 is 0.548 bits per heavy atom. The lowest BCUT2D eigenvalue weighted by molar-refractivity contribution is -0.300. The van der Waals surface area contributed by atoms with Crippen molar-refractivity contribution in [3.05, 3.63) is 0 Å². The molecule has 0 aromatic carbocycles. The Bertz CT molecular complexity index is 1790. The van der Waals surface area contributed by atoms with E-state index in [1.54, 1.807) is 0 Å². The highest BCUT2D eigenvalue weighted by atomic mass is 32.1. The molecule has 0 aliphatic carbocycles. The van der Waals surface area contributed by atoms with Crippen molar-refractivity contribution in [2.75, 3.05) is 91.5 Å². The molecule has 1 aliphatic heterocycles. The highest BCUT2D eigenvalue weighted by Gasteiger charge is 2.44. The van der Waals surface area contributed by atoms with Gasteiger partial charge in [-0.1, -0.05) is 0 Å². The molecular weight excluding hydrogens is 997 g/mol. The molecule has 73 heavy (non-hydrogen) atoms. The third-order valence-corrected chi connectivity index (χ3v) is 10.5. The first-order chi connectivity index (χ1) is 34.5. The zero-order valence-corrected chi connectivity index (χ0v) is 42.4. The summed E-state index contributed by atoms with van der Waals surface area (Å²) in [5.74, 6) is -6.57. The highest BCUT2D eigenvalue weighted by Crippen LogP contribution is 2.21. The fourth-order valence-electron chi connectivity index (χ4n) is 5.98. The number of hydrogen-bond acceptors (Lipinski definition) is 21. The summed E-state index contributed by atoms with van der Waals surface area (Å²) in [5.41, 5.74) is 5.13. The second-order valence-electron chi connectivity index (χ2n) is 16.3. The van der Waals surface area contributed by atoms with E-state index in [1.807, 2.05) is 0 Å². The minimum absolute atomic E-state index is 0.0428. The largest absolute Gasteiger partial charge is 0.394 e. The zero-order chi connectivity index (χ0) is 55.0. The molecule has 418 valence electrons. The normalized spacial score (nSPS) is 19.8. The molecule has 11 atom stereocenters. The second-order valence-corrected chi connectivity index (χ2v) is 16.7. The van der Waals surface area contributed by atoms with E-state index in [0.29, 0.717) is 0 Å². The van der Waals surface area contributed by atoms with Crippen LogP contribution in [0.1, 0.15) is 47.5 Å². The molecule has 15 N–H and O–H groups in total. The Hall–Kier alpha value is -5.35. The Balaban J connectivity index is 2.51. The van der Waals surface area contributed by atoms with Gasteiger partial charge in [0.2, 0.25) is 59.1 Å². The van der Waals surface area contributed by atoms with Gasteiger partial charge < -0.3 is 102 Å². The van der Waals surface area contributed by atoms with Crippen LogP contribution in [0.3, 0.4) is 0 Å². The van der Waals surface area contributed by atoms with Crippen LogP contribution in [0.5, 0.6) is 0 Å². The van der Waals surface area contributed by atoms with Gasteiger partial charge in [-0.15, -0.1) is 0 Å². The number of carbonyl (C=O) groups is 10. The lowest BCUT2D eigenvalue weighted by atomic mass is 9.99. The van der Waals surface area contributed by atoms with Gasteiger partial charge in [0.05, 0.1) is 52.9 Å². The van der Waals surface area contributed by atoms with Crippen LogP contribution in [0, 0.1) is 0 Å². The smallest absolute Gasteiger partial charge is 0.246 e. The summed E-state index contributed by atoms with van der Waals surface area (Å²) in [5, 5.41) is 61.5. The molecular formula is C42H74N10O20S. The molecule has 30 nitrogen and oxygen atoms in total. The van der Waals surface area contributed by atoms with Crippen molar-refractivity contribution < 1.29 is 96.8 Å². The molecule has 31 heteroatoms. The maximum Gasteiger partial charge on any atom is 0.246 e. The average Bonchev–Trinajstić information content (AvgIpc) is 3.33. The number of amides is 10. The van der Waals surface area contributed by atoms with Crippen LogP contribution >= 0.6 is 12.6 Å². The van der Waals surface area contributed by atoms with E-state index in [-0.39, 0.29) is 97.7 Å². The lowest BCUT2D eigenvalue weighted by Gasteiger charge is -2.39. The van der Waals surface area contributed by atoms with Crippen LogP contribution in [0.4, 0.5) is 0 Å². The van der Waals surface area contributed by atoms with E-state index >= 15 is 0 Å². The predicted octanol–water partition coefficient (Wildman–Crippen LogP) is -8.58. The standard InChI is InChI=1S/C42H74N10O20S/c1-22(37(62)46-9-12-68-14-16-69-19-31(56)45-8-11-67-15-17-70-20-32(57)51-28(21-73)36(43)61)48-39(64)24(3)50-41(66)27(52-40(65)25(4)49-38(63)23(2)47-26(5)54)6-7-30(55)44-10-13-71-42-35(60)34(59)33(58)29(18-53)72-42/h22-25,27-29,33-35,42,53,58-60,73H,6-21H2,1-5H3,(H2,43,61)(H,44,55)(H,45,56)(H,46,62)(H,47,54)(H,48,64)(H,49,63)(H,50,66)(H,51,57)(H,52,65)/t22-,23-,24-,25-,27-,28-,29+,33-,34-,35+,42+/m0/s1.